The summed E-state index contributed by atoms with van der Waals surface area (Å²) in [7, 11) is 1.57. The number of methoxy groups -OCH3 is 1. The zero-order chi connectivity index (χ0) is 24.7. The fraction of sp³-hybridized carbons (Fsp3) is 0.280. The number of nitrogens with zero attached hydrogens (tertiary/aromatic N) is 2. The molecular formula is C25H25ClFN3O6. The summed E-state index contributed by atoms with van der Waals surface area (Å²) in [6.07, 6.45) is 2.70. The summed E-state index contributed by atoms with van der Waals surface area (Å²) in [5.41, 5.74) is 6.72. The SMILES string of the molecule is CCOC(=O)Oc1cn2c3c(c(N4CCC(N)C4)c(F)cc3c1=O)OC(c1ccc(OC)cc1)=C2.Cl. The van der Waals surface area contributed by atoms with Crippen LogP contribution in [0.2, 0.25) is 0 Å². The van der Waals surface area contributed by atoms with Gasteiger partial charge in [0.15, 0.2) is 23.1 Å². The molecule has 9 nitrogen and oxygen atoms in total. The molecule has 1 saturated heterocycles. The van der Waals surface area contributed by atoms with E-state index in [9.17, 15) is 9.59 Å². The summed E-state index contributed by atoms with van der Waals surface area (Å²) in [5, 5.41) is 0.0107. The fourth-order valence-electron chi connectivity index (χ4n) is 4.36. The van der Waals surface area contributed by atoms with E-state index in [0.717, 1.165) is 6.07 Å². The van der Waals surface area contributed by atoms with E-state index in [4.69, 9.17) is 24.7 Å². The van der Waals surface area contributed by atoms with E-state index in [2.05, 4.69) is 0 Å². The number of benzene rings is 2. The van der Waals surface area contributed by atoms with Gasteiger partial charge < -0.3 is 34.1 Å². The first-order chi connectivity index (χ1) is 16.9. The van der Waals surface area contributed by atoms with Crippen LogP contribution in [0.25, 0.3) is 22.9 Å². The number of hydrogen-bond donors (Lipinski definition) is 1. The van der Waals surface area contributed by atoms with Crippen LogP contribution in [-0.2, 0) is 4.74 Å². The molecule has 11 heteroatoms. The summed E-state index contributed by atoms with van der Waals surface area (Å²) in [6, 6.07) is 8.20. The topological polar surface area (TPSA) is 105 Å². The molecule has 3 heterocycles. The van der Waals surface area contributed by atoms with Crippen molar-refractivity contribution < 1.29 is 28.1 Å². The van der Waals surface area contributed by atoms with E-state index >= 15 is 4.39 Å². The van der Waals surface area contributed by atoms with Crippen molar-refractivity contribution in [1.29, 1.82) is 0 Å². The minimum atomic E-state index is -1.02. The van der Waals surface area contributed by atoms with Gasteiger partial charge in [-0.2, -0.15) is 0 Å². The van der Waals surface area contributed by atoms with Gasteiger partial charge in [-0.25, -0.2) is 9.18 Å². The predicted molar refractivity (Wildman–Crippen MR) is 136 cm³/mol. The summed E-state index contributed by atoms with van der Waals surface area (Å²) in [4.78, 5) is 26.9. The van der Waals surface area contributed by atoms with Gasteiger partial charge in [0.05, 0.1) is 31.5 Å². The van der Waals surface area contributed by atoms with Gasteiger partial charge in [0.2, 0.25) is 5.43 Å². The Morgan fingerprint density at radius 1 is 1.28 bits per heavy atom. The lowest BCUT2D eigenvalue weighted by atomic mass is 10.1. The number of pyridine rings is 1. The Balaban J connectivity index is 0.00000304. The highest BCUT2D eigenvalue weighted by Crippen LogP contribution is 2.44. The minimum Gasteiger partial charge on any atom is -0.497 e. The molecule has 0 bridgehead atoms. The standard InChI is InChI=1S/C25H24FN3O6.ClH/c1-3-33-25(31)35-20-13-29-12-19(14-4-6-16(32-2)7-5-14)34-24-21(29)17(23(20)30)10-18(26)22(24)28-9-8-15(27)11-28;/h4-7,10,12-13,15H,3,8-9,11,27H2,1-2H3;1H. The third kappa shape index (κ3) is 4.45. The average molecular weight is 518 g/mol. The van der Waals surface area contributed by atoms with Crippen molar-refractivity contribution in [3.63, 3.8) is 0 Å². The zero-order valence-electron chi connectivity index (χ0n) is 19.7. The molecule has 0 aliphatic carbocycles. The van der Waals surface area contributed by atoms with Crippen LogP contribution in [0, 0.1) is 5.82 Å². The lowest BCUT2D eigenvalue weighted by molar-refractivity contribution is 0.104. The van der Waals surface area contributed by atoms with Crippen LogP contribution in [-0.4, -0.2) is 43.6 Å². The fourth-order valence-corrected chi connectivity index (χ4v) is 4.36. The molecule has 5 rings (SSSR count). The van der Waals surface area contributed by atoms with Crippen LogP contribution in [0.15, 0.2) is 41.3 Å². The Hall–Kier alpha value is -3.76. The zero-order valence-corrected chi connectivity index (χ0v) is 20.5. The normalized spacial score (nSPS) is 16.2. The molecule has 0 spiro atoms. The predicted octanol–water partition coefficient (Wildman–Crippen LogP) is 3.99. The van der Waals surface area contributed by atoms with Gasteiger partial charge in [-0.1, -0.05) is 0 Å². The van der Waals surface area contributed by atoms with E-state index in [1.54, 1.807) is 49.1 Å². The number of aromatic nitrogens is 1. The van der Waals surface area contributed by atoms with Crippen LogP contribution in [0.3, 0.4) is 0 Å². The molecule has 2 aromatic carbocycles. The highest BCUT2D eigenvalue weighted by atomic mass is 35.5. The number of anilines is 1. The second-order valence-electron chi connectivity index (χ2n) is 8.27. The number of hydrogen-bond acceptors (Lipinski definition) is 8. The van der Waals surface area contributed by atoms with Gasteiger partial charge in [-0.05, 0) is 43.7 Å². The summed E-state index contributed by atoms with van der Waals surface area (Å²) in [5.74, 6) is 0.350. The molecular weight excluding hydrogens is 493 g/mol. The molecule has 2 N–H and O–H groups in total. The monoisotopic (exact) mass is 517 g/mol. The van der Waals surface area contributed by atoms with Crippen molar-refractivity contribution in [2.24, 2.45) is 5.73 Å². The average Bonchev–Trinajstić information content (AvgIpc) is 3.27. The van der Waals surface area contributed by atoms with E-state index in [0.29, 0.717) is 42.1 Å². The quantitative estimate of drug-likeness (QED) is 0.506. The molecule has 1 unspecified atom stereocenters. The van der Waals surface area contributed by atoms with E-state index < -0.39 is 17.4 Å². The summed E-state index contributed by atoms with van der Waals surface area (Å²) in [6.45, 7) is 2.70. The summed E-state index contributed by atoms with van der Waals surface area (Å²) >= 11 is 0. The number of rotatable bonds is 5. The van der Waals surface area contributed by atoms with Crippen molar-refractivity contribution in [1.82, 2.24) is 4.57 Å². The molecule has 0 amide bonds. The Bertz CT molecular complexity index is 1410. The first kappa shape index (κ1) is 25.3. The van der Waals surface area contributed by atoms with E-state index in [-0.39, 0.29) is 47.6 Å². The molecule has 190 valence electrons. The molecule has 2 aliphatic heterocycles. The Labute approximate surface area is 212 Å². The molecule has 1 aromatic heterocycles. The van der Waals surface area contributed by atoms with Crippen molar-refractivity contribution in [3.05, 3.63) is 58.1 Å². The molecule has 0 radical (unpaired) electrons. The van der Waals surface area contributed by atoms with Gasteiger partial charge >= 0.3 is 6.16 Å². The Morgan fingerprint density at radius 2 is 2.03 bits per heavy atom. The second kappa shape index (κ2) is 10.1. The third-order valence-corrected chi connectivity index (χ3v) is 6.00. The summed E-state index contributed by atoms with van der Waals surface area (Å²) < 4.78 is 38.5. The van der Waals surface area contributed by atoms with Crippen LogP contribution < -0.4 is 30.3 Å². The van der Waals surface area contributed by atoms with E-state index in [1.165, 1.54) is 6.20 Å². The van der Waals surface area contributed by atoms with E-state index in [1.807, 2.05) is 4.90 Å². The maximum atomic E-state index is 15.5. The van der Waals surface area contributed by atoms with Crippen LogP contribution in [0.5, 0.6) is 17.2 Å². The number of carbonyl (C=O) groups excluding carboxylic acids is 1. The highest BCUT2D eigenvalue weighted by Gasteiger charge is 2.31. The molecule has 36 heavy (non-hydrogen) atoms. The first-order valence-electron chi connectivity index (χ1n) is 11.2. The lowest BCUT2D eigenvalue weighted by Crippen LogP contribution is -2.28. The van der Waals surface area contributed by atoms with Crippen molar-refractivity contribution in [2.45, 2.75) is 19.4 Å². The third-order valence-electron chi connectivity index (χ3n) is 6.00. The molecule has 0 saturated carbocycles. The van der Waals surface area contributed by atoms with Gasteiger partial charge in [-0.15, -0.1) is 12.4 Å². The van der Waals surface area contributed by atoms with Crippen LogP contribution in [0.1, 0.15) is 18.9 Å². The van der Waals surface area contributed by atoms with Crippen LogP contribution in [0.4, 0.5) is 14.9 Å². The molecule has 3 aromatic rings. The molecule has 2 aliphatic rings. The van der Waals surface area contributed by atoms with Crippen LogP contribution >= 0.6 is 12.4 Å². The van der Waals surface area contributed by atoms with Gasteiger partial charge in [-0.3, -0.25) is 4.79 Å². The number of nitrogens with two attached hydrogens (primary N) is 1. The Morgan fingerprint density at radius 3 is 2.67 bits per heavy atom. The first-order valence-corrected chi connectivity index (χ1v) is 11.2. The van der Waals surface area contributed by atoms with Gasteiger partial charge in [0.25, 0.3) is 0 Å². The Kier molecular flexibility index (Phi) is 7.09. The van der Waals surface area contributed by atoms with Crippen molar-refractivity contribution in [3.8, 4) is 17.2 Å². The smallest absolute Gasteiger partial charge is 0.497 e. The minimum absolute atomic E-state index is 0. The highest BCUT2D eigenvalue weighted by molar-refractivity contribution is 5.97. The van der Waals surface area contributed by atoms with Crippen molar-refractivity contribution in [2.75, 3.05) is 31.7 Å². The maximum absolute atomic E-state index is 15.5. The van der Waals surface area contributed by atoms with Gasteiger partial charge in [0.1, 0.15) is 17.0 Å². The van der Waals surface area contributed by atoms with Crippen molar-refractivity contribution >= 4 is 47.1 Å². The molecule has 1 fully saturated rings. The number of carbonyl (C=O) groups is 1. The second-order valence-corrected chi connectivity index (χ2v) is 8.27. The number of ether oxygens (including phenoxy) is 4. The van der Waals surface area contributed by atoms with Gasteiger partial charge in [0, 0.05) is 24.7 Å². The molecule has 1 atom stereocenters. The largest absolute Gasteiger partial charge is 0.514 e. The lowest BCUT2D eigenvalue weighted by Gasteiger charge is -2.28. The number of halogens is 2. The maximum Gasteiger partial charge on any atom is 0.514 e.